The molecular formula is C21H14N8O. The third-order valence-corrected chi connectivity index (χ3v) is 4.88. The third-order valence-electron chi connectivity index (χ3n) is 4.88. The van der Waals surface area contributed by atoms with E-state index in [2.05, 4.69) is 25.1 Å². The van der Waals surface area contributed by atoms with Crippen LogP contribution in [0.15, 0.2) is 65.9 Å². The van der Waals surface area contributed by atoms with E-state index in [9.17, 15) is 0 Å². The van der Waals surface area contributed by atoms with Crippen LogP contribution in [0, 0.1) is 0 Å². The lowest BCUT2D eigenvalue weighted by atomic mass is 10.1. The number of pyridine rings is 3. The number of hydrogen-bond donors (Lipinski definition) is 3. The Morgan fingerprint density at radius 2 is 1.83 bits per heavy atom. The van der Waals surface area contributed by atoms with Gasteiger partial charge >= 0.3 is 0 Å². The van der Waals surface area contributed by atoms with Crippen molar-refractivity contribution >= 4 is 27.8 Å². The molecule has 6 aromatic heterocycles. The van der Waals surface area contributed by atoms with Gasteiger partial charge in [-0.1, -0.05) is 0 Å². The second-order valence-electron chi connectivity index (χ2n) is 6.82. The summed E-state index contributed by atoms with van der Waals surface area (Å²) < 4.78 is 5.20. The maximum absolute atomic E-state index is 5.87. The molecule has 0 aliphatic rings. The second kappa shape index (κ2) is 6.24. The van der Waals surface area contributed by atoms with Gasteiger partial charge in [0.15, 0.2) is 11.5 Å². The first kappa shape index (κ1) is 16.4. The largest absolute Gasteiger partial charge is 0.472 e. The number of H-pyrrole nitrogens is 2. The van der Waals surface area contributed by atoms with E-state index in [1.165, 1.54) is 0 Å². The molecule has 0 aliphatic carbocycles. The number of hydrogen-bond acceptors (Lipinski definition) is 7. The van der Waals surface area contributed by atoms with E-state index in [-0.39, 0.29) is 0 Å². The van der Waals surface area contributed by atoms with Crippen LogP contribution in [-0.2, 0) is 0 Å². The van der Waals surface area contributed by atoms with E-state index < -0.39 is 0 Å². The van der Waals surface area contributed by atoms with Crippen LogP contribution in [0.2, 0.25) is 0 Å². The van der Waals surface area contributed by atoms with Gasteiger partial charge in [0.25, 0.3) is 0 Å². The molecule has 0 spiro atoms. The van der Waals surface area contributed by atoms with Gasteiger partial charge in [-0.2, -0.15) is 5.10 Å². The number of imidazole rings is 1. The van der Waals surface area contributed by atoms with Gasteiger partial charge in [-0.15, -0.1) is 0 Å². The zero-order valence-corrected chi connectivity index (χ0v) is 15.5. The highest BCUT2D eigenvalue weighted by molar-refractivity contribution is 5.94. The van der Waals surface area contributed by atoms with Crippen molar-refractivity contribution in [2.75, 3.05) is 5.73 Å². The summed E-state index contributed by atoms with van der Waals surface area (Å²) in [5.74, 6) is 0.601. The minimum Gasteiger partial charge on any atom is -0.472 e. The quantitative estimate of drug-likeness (QED) is 0.415. The number of nitrogens with one attached hydrogen (secondary N) is 2. The number of aromatic amines is 2. The predicted octanol–water partition coefficient (Wildman–Crippen LogP) is 3.80. The molecular weight excluding hydrogens is 380 g/mol. The summed E-state index contributed by atoms with van der Waals surface area (Å²) in [5.41, 5.74) is 13.4. The molecule has 6 rings (SSSR count). The maximum atomic E-state index is 5.87. The molecule has 30 heavy (non-hydrogen) atoms. The number of nitrogen functional groups attached to an aromatic ring is 1. The molecule has 0 bridgehead atoms. The van der Waals surface area contributed by atoms with Crippen molar-refractivity contribution in [3.8, 4) is 34.0 Å². The Kier molecular flexibility index (Phi) is 3.42. The van der Waals surface area contributed by atoms with Crippen molar-refractivity contribution in [3.63, 3.8) is 0 Å². The van der Waals surface area contributed by atoms with Crippen molar-refractivity contribution in [2.45, 2.75) is 0 Å². The van der Waals surface area contributed by atoms with E-state index in [1.807, 2.05) is 30.3 Å². The molecule has 0 saturated heterocycles. The zero-order chi connectivity index (χ0) is 20.1. The summed E-state index contributed by atoms with van der Waals surface area (Å²) in [4.78, 5) is 21.5. The van der Waals surface area contributed by atoms with Gasteiger partial charge in [-0.05, 0) is 30.3 Å². The Balaban J connectivity index is 1.52. The number of furan rings is 1. The van der Waals surface area contributed by atoms with Crippen molar-refractivity contribution in [1.82, 2.24) is 35.1 Å². The van der Waals surface area contributed by atoms with E-state index >= 15 is 0 Å². The molecule has 4 N–H and O–H groups in total. The molecule has 144 valence electrons. The van der Waals surface area contributed by atoms with Gasteiger partial charge in [0, 0.05) is 29.7 Å². The molecule has 0 saturated carbocycles. The normalized spacial score (nSPS) is 11.5. The molecule has 6 heterocycles. The van der Waals surface area contributed by atoms with Gasteiger partial charge in [0.1, 0.15) is 16.7 Å². The van der Waals surface area contributed by atoms with Crippen LogP contribution < -0.4 is 5.73 Å². The van der Waals surface area contributed by atoms with Crippen LogP contribution in [0.1, 0.15) is 0 Å². The lowest BCUT2D eigenvalue weighted by Crippen LogP contribution is -1.90. The van der Waals surface area contributed by atoms with Crippen molar-refractivity contribution in [2.24, 2.45) is 0 Å². The fraction of sp³-hybridized carbons (Fsp3) is 0. The van der Waals surface area contributed by atoms with E-state index in [1.54, 1.807) is 31.1 Å². The summed E-state index contributed by atoms with van der Waals surface area (Å²) >= 11 is 0. The van der Waals surface area contributed by atoms with Crippen LogP contribution in [-0.4, -0.2) is 35.1 Å². The Morgan fingerprint density at radius 3 is 2.70 bits per heavy atom. The van der Waals surface area contributed by atoms with Crippen molar-refractivity contribution < 1.29 is 4.42 Å². The highest BCUT2D eigenvalue weighted by Gasteiger charge is 2.17. The third kappa shape index (κ3) is 2.53. The molecule has 0 unspecified atom stereocenters. The van der Waals surface area contributed by atoms with Crippen LogP contribution in [0.3, 0.4) is 0 Å². The van der Waals surface area contributed by atoms with Gasteiger partial charge < -0.3 is 15.1 Å². The SMILES string of the molecule is Nc1cncc(-c2ccc3[nH]nc(-c4nc5c(-c6ccoc6)nccc5[nH]4)c3n2)c1. The second-order valence-corrected chi connectivity index (χ2v) is 6.82. The Bertz CT molecular complexity index is 1510. The van der Waals surface area contributed by atoms with Crippen molar-refractivity contribution in [1.29, 1.82) is 0 Å². The zero-order valence-electron chi connectivity index (χ0n) is 15.5. The molecule has 0 fully saturated rings. The fourth-order valence-electron chi connectivity index (χ4n) is 3.48. The average molecular weight is 394 g/mol. The van der Waals surface area contributed by atoms with Gasteiger partial charge in [0.2, 0.25) is 0 Å². The fourth-order valence-corrected chi connectivity index (χ4v) is 3.48. The molecule has 0 amide bonds. The minimum absolute atomic E-state index is 0.582. The molecule has 9 heteroatoms. The minimum atomic E-state index is 0.582. The number of nitrogens with zero attached hydrogens (tertiary/aromatic N) is 5. The predicted molar refractivity (Wildman–Crippen MR) is 112 cm³/mol. The summed E-state index contributed by atoms with van der Waals surface area (Å²) in [5, 5.41) is 7.46. The van der Waals surface area contributed by atoms with E-state index in [0.29, 0.717) is 22.7 Å². The van der Waals surface area contributed by atoms with Gasteiger partial charge in [-0.25, -0.2) is 9.97 Å². The maximum Gasteiger partial charge on any atom is 0.161 e. The Morgan fingerprint density at radius 1 is 0.900 bits per heavy atom. The molecule has 0 atom stereocenters. The van der Waals surface area contributed by atoms with Crippen LogP contribution >= 0.6 is 0 Å². The molecule has 6 aromatic rings. The first-order valence-electron chi connectivity index (χ1n) is 9.20. The lowest BCUT2D eigenvalue weighted by Gasteiger charge is -2.02. The van der Waals surface area contributed by atoms with Crippen molar-refractivity contribution in [3.05, 3.63) is 61.4 Å². The summed E-state index contributed by atoms with van der Waals surface area (Å²) in [6.45, 7) is 0. The number of aromatic nitrogens is 7. The average Bonchev–Trinajstić information content (AvgIpc) is 3.51. The molecule has 0 aliphatic heterocycles. The Hall–Kier alpha value is -4.53. The highest BCUT2D eigenvalue weighted by atomic mass is 16.3. The monoisotopic (exact) mass is 394 g/mol. The van der Waals surface area contributed by atoms with Gasteiger partial charge in [0.05, 0.1) is 34.9 Å². The number of fused-ring (bicyclic) bond motifs is 2. The first-order valence-corrected chi connectivity index (χ1v) is 9.20. The van der Waals surface area contributed by atoms with E-state index in [4.69, 9.17) is 20.1 Å². The molecule has 0 radical (unpaired) electrons. The van der Waals surface area contributed by atoms with Gasteiger partial charge in [-0.3, -0.25) is 15.1 Å². The Labute approximate surface area is 169 Å². The standard InChI is InChI=1S/C21H14N8O/c22-13-7-12(8-23-9-13)14-1-2-16-19(25-14)20(29-28-16)21-26-15-3-5-24-17(18(15)27-21)11-4-6-30-10-11/h1-10H,22H2,(H,26,27)(H,28,29). The van der Waals surface area contributed by atoms with Crippen LogP contribution in [0.4, 0.5) is 5.69 Å². The lowest BCUT2D eigenvalue weighted by molar-refractivity contribution is 0.568. The number of rotatable bonds is 3. The molecule has 0 aromatic carbocycles. The highest BCUT2D eigenvalue weighted by Crippen LogP contribution is 2.30. The van der Waals surface area contributed by atoms with Crippen LogP contribution in [0.25, 0.3) is 56.1 Å². The molecule has 9 nitrogen and oxygen atoms in total. The topological polar surface area (TPSA) is 135 Å². The summed E-state index contributed by atoms with van der Waals surface area (Å²) in [6, 6.07) is 9.40. The smallest absolute Gasteiger partial charge is 0.161 e. The summed E-state index contributed by atoms with van der Waals surface area (Å²) in [6.07, 6.45) is 8.33. The summed E-state index contributed by atoms with van der Waals surface area (Å²) in [7, 11) is 0. The van der Waals surface area contributed by atoms with Crippen LogP contribution in [0.5, 0.6) is 0 Å². The number of nitrogens with two attached hydrogens (primary N) is 1. The number of anilines is 1. The first-order chi connectivity index (χ1) is 14.8. The van der Waals surface area contributed by atoms with E-state index in [0.717, 1.165) is 39.1 Å².